The van der Waals surface area contributed by atoms with E-state index >= 15 is 0 Å². The van der Waals surface area contributed by atoms with Crippen LogP contribution >= 0.6 is 0 Å². The summed E-state index contributed by atoms with van der Waals surface area (Å²) < 4.78 is 23.3. The quantitative estimate of drug-likeness (QED) is 0.350. The van der Waals surface area contributed by atoms with Crippen LogP contribution in [0, 0.1) is 5.92 Å². The van der Waals surface area contributed by atoms with Crippen LogP contribution in [-0.2, 0) is 22.9 Å². The Labute approximate surface area is 143 Å². The maximum absolute atomic E-state index is 12.2. The van der Waals surface area contributed by atoms with Gasteiger partial charge in [-0.1, -0.05) is 20.3 Å². The fourth-order valence-corrected chi connectivity index (χ4v) is 15.8. The second-order valence-corrected chi connectivity index (χ2v) is 19.6. The van der Waals surface area contributed by atoms with E-state index in [2.05, 4.69) is 37.8 Å². The maximum Gasteiger partial charge on any atom is 0.317 e. The number of esters is 2. The van der Waals surface area contributed by atoms with E-state index in [0.29, 0.717) is 6.42 Å². The van der Waals surface area contributed by atoms with Gasteiger partial charge in [0, 0.05) is 5.16 Å². The third-order valence-electron chi connectivity index (χ3n) is 4.71. The zero-order valence-corrected chi connectivity index (χ0v) is 18.2. The molecule has 2 atom stereocenters. The summed E-state index contributed by atoms with van der Waals surface area (Å²) in [5.41, 5.74) is 0. The third-order valence-corrected chi connectivity index (χ3v) is 17.4. The predicted molar refractivity (Wildman–Crippen MR) is 95.6 cm³/mol. The van der Waals surface area contributed by atoms with Gasteiger partial charge in [-0.05, 0) is 44.7 Å². The molecular weight excluding hydrogens is 344 g/mol. The van der Waals surface area contributed by atoms with Crippen LogP contribution in [-0.4, -0.2) is 37.3 Å². The van der Waals surface area contributed by atoms with E-state index in [1.54, 1.807) is 0 Å². The first-order valence-corrected chi connectivity index (χ1v) is 16.3. The SMILES string of the molecule is CC[Si](=O)C(C)[Si](C)(C)O[Si](C)(C)CCCC1CC(=O)OC1=O. The molecule has 0 spiro atoms. The molecule has 1 fully saturated rings. The van der Waals surface area contributed by atoms with Gasteiger partial charge in [0.2, 0.25) is 0 Å². The van der Waals surface area contributed by atoms with Crippen LogP contribution in [0.3, 0.4) is 0 Å². The largest absolute Gasteiger partial charge is 0.455 e. The molecular formula is C15H30O5Si3. The van der Waals surface area contributed by atoms with Gasteiger partial charge in [-0.3, -0.25) is 9.59 Å². The Balaban J connectivity index is 2.50. The monoisotopic (exact) mass is 374 g/mol. The van der Waals surface area contributed by atoms with Crippen LogP contribution in [0.25, 0.3) is 0 Å². The van der Waals surface area contributed by atoms with Crippen molar-refractivity contribution in [2.24, 2.45) is 5.92 Å². The third kappa shape index (κ3) is 6.17. The molecule has 0 aromatic carbocycles. The summed E-state index contributed by atoms with van der Waals surface area (Å²) >= 11 is 0. The summed E-state index contributed by atoms with van der Waals surface area (Å²) in [6.07, 6.45) is 1.78. The molecule has 1 heterocycles. The smallest absolute Gasteiger partial charge is 0.317 e. The standard InChI is InChI=1S/C15H30O5Si3/c1-7-21(18)12(2)23(5,6)20-22(3,4)10-8-9-13-11-14(16)19-15(13)17/h12-13H,7-11H2,1-6H3. The Bertz CT molecular complexity index is 476. The molecule has 0 saturated carbocycles. The van der Waals surface area contributed by atoms with E-state index in [1.807, 2.05) is 6.92 Å². The first kappa shape index (κ1) is 20.6. The molecule has 0 aliphatic carbocycles. The molecule has 0 aromatic heterocycles. The number of ether oxygens (including phenoxy) is 1. The van der Waals surface area contributed by atoms with Crippen molar-refractivity contribution in [3.63, 3.8) is 0 Å². The van der Waals surface area contributed by atoms with Gasteiger partial charge in [-0.15, -0.1) is 0 Å². The molecule has 0 amide bonds. The first-order chi connectivity index (χ1) is 10.5. The first-order valence-electron chi connectivity index (χ1n) is 8.46. The van der Waals surface area contributed by atoms with E-state index in [1.165, 1.54) is 0 Å². The van der Waals surface area contributed by atoms with Gasteiger partial charge in [-0.25, -0.2) is 0 Å². The highest BCUT2D eigenvalue weighted by Gasteiger charge is 2.40. The van der Waals surface area contributed by atoms with Crippen LogP contribution in [0.1, 0.15) is 33.1 Å². The number of hydrogen-bond donors (Lipinski definition) is 0. The lowest BCUT2D eigenvalue weighted by Crippen LogP contribution is -2.48. The van der Waals surface area contributed by atoms with Crippen molar-refractivity contribution in [1.29, 1.82) is 0 Å². The summed E-state index contributed by atoms with van der Waals surface area (Å²) in [6, 6.07) is 1.69. The summed E-state index contributed by atoms with van der Waals surface area (Å²) in [6.45, 7) is 12.8. The number of carbonyl (C=O) groups excluding carboxylic acids is 2. The molecule has 1 aliphatic heterocycles. The Hall–Kier alpha value is -0.449. The highest BCUT2D eigenvalue weighted by molar-refractivity contribution is 6.90. The lowest BCUT2D eigenvalue weighted by Gasteiger charge is -2.37. The molecule has 8 heteroatoms. The number of carbonyl (C=O) groups is 2. The molecule has 5 nitrogen and oxygen atoms in total. The number of cyclic esters (lactones) is 2. The molecule has 0 radical (unpaired) electrons. The van der Waals surface area contributed by atoms with E-state index in [-0.39, 0.29) is 23.5 Å². The molecule has 23 heavy (non-hydrogen) atoms. The Kier molecular flexibility index (Phi) is 7.24. The molecule has 0 N–H and O–H groups in total. The minimum atomic E-state index is -1.98. The summed E-state index contributed by atoms with van der Waals surface area (Å²) in [7, 11) is -5.42. The second kappa shape index (κ2) is 8.09. The number of rotatable bonds is 9. The van der Waals surface area contributed by atoms with E-state index in [9.17, 15) is 14.1 Å². The molecule has 2 unspecified atom stereocenters. The highest BCUT2D eigenvalue weighted by atomic mass is 28.4. The van der Waals surface area contributed by atoms with Gasteiger partial charge in [0.15, 0.2) is 16.6 Å². The number of hydrogen-bond acceptors (Lipinski definition) is 5. The van der Waals surface area contributed by atoms with E-state index in [4.69, 9.17) is 4.12 Å². The van der Waals surface area contributed by atoms with Crippen molar-refractivity contribution >= 4 is 37.3 Å². The van der Waals surface area contributed by atoms with Crippen molar-refractivity contribution < 1.29 is 22.9 Å². The minimum Gasteiger partial charge on any atom is -0.455 e. The zero-order valence-electron chi connectivity index (χ0n) is 15.2. The average molecular weight is 375 g/mol. The second-order valence-electron chi connectivity index (χ2n) is 7.59. The predicted octanol–water partition coefficient (Wildman–Crippen LogP) is 3.65. The molecule has 1 aliphatic rings. The van der Waals surface area contributed by atoms with Crippen molar-refractivity contribution in [2.75, 3.05) is 0 Å². The Morgan fingerprint density at radius 1 is 1.30 bits per heavy atom. The maximum atomic E-state index is 12.2. The van der Waals surface area contributed by atoms with E-state index in [0.717, 1.165) is 18.5 Å². The van der Waals surface area contributed by atoms with Crippen LogP contribution in [0.5, 0.6) is 0 Å². The summed E-state index contributed by atoms with van der Waals surface area (Å²) in [5.74, 6) is -1.05. The van der Waals surface area contributed by atoms with Gasteiger partial charge in [0.05, 0.1) is 12.3 Å². The van der Waals surface area contributed by atoms with Gasteiger partial charge in [-0.2, -0.15) is 0 Å². The molecule has 0 bridgehead atoms. The fourth-order valence-electron chi connectivity index (χ4n) is 3.06. The van der Waals surface area contributed by atoms with Crippen molar-refractivity contribution in [3.8, 4) is 0 Å². The van der Waals surface area contributed by atoms with Crippen LogP contribution in [0.15, 0.2) is 0 Å². The van der Waals surface area contributed by atoms with Crippen molar-refractivity contribution in [1.82, 2.24) is 0 Å². The Morgan fingerprint density at radius 3 is 2.39 bits per heavy atom. The average Bonchev–Trinajstić information content (AvgIpc) is 2.73. The fraction of sp³-hybridized carbons (Fsp3) is 0.867. The van der Waals surface area contributed by atoms with Gasteiger partial charge in [0.1, 0.15) is 0 Å². The van der Waals surface area contributed by atoms with Crippen LogP contribution in [0.2, 0.25) is 43.4 Å². The van der Waals surface area contributed by atoms with Gasteiger partial charge >= 0.3 is 11.9 Å². The van der Waals surface area contributed by atoms with Crippen molar-refractivity contribution in [2.45, 2.75) is 76.6 Å². The normalized spacial score (nSPS) is 20.5. The van der Waals surface area contributed by atoms with E-state index < -0.39 is 31.3 Å². The van der Waals surface area contributed by atoms with Crippen LogP contribution in [0.4, 0.5) is 0 Å². The summed E-state index contributed by atoms with van der Waals surface area (Å²) in [4.78, 5) is 22.6. The molecule has 132 valence electrons. The zero-order chi connectivity index (χ0) is 17.8. The van der Waals surface area contributed by atoms with Crippen molar-refractivity contribution in [3.05, 3.63) is 0 Å². The lowest BCUT2D eigenvalue weighted by atomic mass is 10.0. The summed E-state index contributed by atoms with van der Waals surface area (Å²) in [5, 5.41) is 0.187. The van der Waals surface area contributed by atoms with Gasteiger partial charge < -0.3 is 13.3 Å². The highest BCUT2D eigenvalue weighted by Crippen LogP contribution is 2.31. The minimum absolute atomic E-state index is 0.187. The molecule has 0 aromatic rings. The Morgan fingerprint density at radius 2 is 1.91 bits per heavy atom. The molecule has 1 saturated heterocycles. The van der Waals surface area contributed by atoms with Crippen LogP contribution < -0.4 is 0 Å². The molecule has 1 rings (SSSR count). The lowest BCUT2D eigenvalue weighted by molar-refractivity contribution is -0.153. The van der Waals surface area contributed by atoms with Gasteiger partial charge in [0.25, 0.3) is 8.68 Å². The topological polar surface area (TPSA) is 69.7 Å².